The molecule has 0 unspecified atom stereocenters. The van der Waals surface area contributed by atoms with Gasteiger partial charge in [-0.3, -0.25) is 0 Å². The summed E-state index contributed by atoms with van der Waals surface area (Å²) in [5, 5.41) is 9.79. The lowest BCUT2D eigenvalue weighted by molar-refractivity contribution is 0.0697. The number of nitrogens with zero attached hydrogens (tertiary/aromatic N) is 2. The molecular weight excluding hydrogens is 254 g/mol. The van der Waals surface area contributed by atoms with Crippen molar-refractivity contribution < 1.29 is 9.90 Å². The number of benzene rings is 2. The fourth-order valence-electron chi connectivity index (χ4n) is 2.09. The highest BCUT2D eigenvalue weighted by Gasteiger charge is 2.07. The first kappa shape index (κ1) is 12.1. The van der Waals surface area contributed by atoms with Crippen LogP contribution in [0.25, 0.3) is 22.0 Å². The molecule has 3 N–H and O–H groups in total. The first-order chi connectivity index (χ1) is 9.65. The van der Waals surface area contributed by atoms with Crippen molar-refractivity contribution in [1.29, 1.82) is 0 Å². The minimum absolute atomic E-state index is 0.250. The summed E-state index contributed by atoms with van der Waals surface area (Å²) in [6.45, 7) is 0. The van der Waals surface area contributed by atoms with Crippen LogP contribution in [0.15, 0.2) is 48.8 Å². The molecule has 1 aromatic heterocycles. The van der Waals surface area contributed by atoms with Gasteiger partial charge in [-0.05, 0) is 35.4 Å². The second-order valence-electron chi connectivity index (χ2n) is 4.38. The Hall–Kier alpha value is -2.95. The molecule has 0 atom stereocenters. The number of carbonyl (C=O) groups is 1. The van der Waals surface area contributed by atoms with Gasteiger partial charge in [-0.2, -0.15) is 0 Å². The number of carboxylic acid groups (broad SMARTS) is 1. The molecule has 0 bridgehead atoms. The molecular formula is C15H11N3O2. The Morgan fingerprint density at radius 3 is 2.65 bits per heavy atom. The molecule has 1 heterocycles. The minimum Gasteiger partial charge on any atom is -0.478 e. The standard InChI is InChI=1S/C15H11N3O2/c16-14-12-7-10(4-5-13(12)17-8-18-14)9-2-1-3-11(6-9)15(19)20/h1-8H,(H,19,20)(H2,16,17,18). The highest BCUT2D eigenvalue weighted by molar-refractivity contribution is 5.93. The molecule has 2 aromatic carbocycles. The zero-order valence-electron chi connectivity index (χ0n) is 10.4. The third-order valence-corrected chi connectivity index (χ3v) is 3.11. The van der Waals surface area contributed by atoms with Crippen LogP contribution < -0.4 is 5.73 Å². The Bertz CT molecular complexity index is 815. The van der Waals surface area contributed by atoms with Crippen molar-refractivity contribution in [3.63, 3.8) is 0 Å². The molecule has 0 saturated heterocycles. The average molecular weight is 265 g/mol. The molecule has 0 aliphatic rings. The fraction of sp³-hybridized carbons (Fsp3) is 0. The molecule has 0 spiro atoms. The number of hydrogen-bond acceptors (Lipinski definition) is 4. The van der Waals surface area contributed by atoms with Gasteiger partial charge in [0.25, 0.3) is 0 Å². The third kappa shape index (κ3) is 2.05. The molecule has 0 aliphatic carbocycles. The average Bonchev–Trinajstić information content (AvgIpc) is 2.47. The van der Waals surface area contributed by atoms with E-state index in [-0.39, 0.29) is 5.56 Å². The van der Waals surface area contributed by atoms with Gasteiger partial charge in [0, 0.05) is 5.39 Å². The number of aromatic nitrogens is 2. The third-order valence-electron chi connectivity index (χ3n) is 3.11. The van der Waals surface area contributed by atoms with Crippen molar-refractivity contribution in [2.75, 3.05) is 5.73 Å². The Morgan fingerprint density at radius 2 is 1.85 bits per heavy atom. The molecule has 0 aliphatic heterocycles. The number of aromatic carboxylic acids is 1. The fourth-order valence-corrected chi connectivity index (χ4v) is 2.09. The first-order valence-electron chi connectivity index (χ1n) is 5.99. The van der Waals surface area contributed by atoms with Gasteiger partial charge in [0.15, 0.2) is 0 Å². The van der Waals surface area contributed by atoms with Crippen molar-refractivity contribution in [1.82, 2.24) is 9.97 Å². The largest absolute Gasteiger partial charge is 0.478 e. The number of carboxylic acids is 1. The summed E-state index contributed by atoms with van der Waals surface area (Å²) < 4.78 is 0. The summed E-state index contributed by atoms with van der Waals surface area (Å²) in [6, 6.07) is 12.4. The van der Waals surface area contributed by atoms with Gasteiger partial charge in [0.2, 0.25) is 0 Å². The van der Waals surface area contributed by atoms with Crippen molar-refractivity contribution in [3.8, 4) is 11.1 Å². The van der Waals surface area contributed by atoms with Crippen LogP contribution in [-0.4, -0.2) is 21.0 Å². The van der Waals surface area contributed by atoms with Crippen LogP contribution in [0.3, 0.4) is 0 Å². The zero-order valence-corrected chi connectivity index (χ0v) is 10.4. The topological polar surface area (TPSA) is 89.1 Å². The normalized spacial score (nSPS) is 10.6. The molecule has 0 fully saturated rings. The van der Waals surface area contributed by atoms with Crippen LogP contribution >= 0.6 is 0 Å². The summed E-state index contributed by atoms with van der Waals surface area (Å²) in [5.74, 6) is -0.540. The Balaban J connectivity index is 2.17. The highest BCUT2D eigenvalue weighted by Crippen LogP contribution is 2.26. The zero-order chi connectivity index (χ0) is 14.1. The van der Waals surface area contributed by atoms with Crippen LogP contribution in [-0.2, 0) is 0 Å². The van der Waals surface area contributed by atoms with E-state index < -0.39 is 5.97 Å². The van der Waals surface area contributed by atoms with Crippen molar-refractivity contribution in [2.45, 2.75) is 0 Å². The summed E-state index contributed by atoms with van der Waals surface area (Å²) in [6.07, 6.45) is 1.42. The Kier molecular flexibility index (Phi) is 2.80. The Morgan fingerprint density at radius 1 is 1.05 bits per heavy atom. The maximum Gasteiger partial charge on any atom is 0.335 e. The second kappa shape index (κ2) is 4.62. The van der Waals surface area contributed by atoms with Crippen molar-refractivity contribution in [3.05, 3.63) is 54.4 Å². The van der Waals surface area contributed by atoms with Crippen LogP contribution in [0.1, 0.15) is 10.4 Å². The summed E-state index contributed by atoms with van der Waals surface area (Å²) in [7, 11) is 0. The number of nitrogen functional groups attached to an aromatic ring is 1. The maximum absolute atomic E-state index is 11.0. The number of hydrogen-bond donors (Lipinski definition) is 2. The van der Waals surface area contributed by atoms with Crippen LogP contribution in [0.4, 0.5) is 5.82 Å². The van der Waals surface area contributed by atoms with Crippen LogP contribution in [0.2, 0.25) is 0 Å². The van der Waals surface area contributed by atoms with Gasteiger partial charge in [-0.1, -0.05) is 18.2 Å². The number of nitrogens with two attached hydrogens (primary N) is 1. The van der Waals surface area contributed by atoms with Crippen molar-refractivity contribution in [2.24, 2.45) is 0 Å². The van der Waals surface area contributed by atoms with E-state index in [9.17, 15) is 4.79 Å². The van der Waals surface area contributed by atoms with E-state index in [0.717, 1.165) is 22.0 Å². The van der Waals surface area contributed by atoms with E-state index in [2.05, 4.69) is 9.97 Å². The van der Waals surface area contributed by atoms with Gasteiger partial charge >= 0.3 is 5.97 Å². The lowest BCUT2D eigenvalue weighted by atomic mass is 10.0. The second-order valence-corrected chi connectivity index (χ2v) is 4.38. The Labute approximate surface area is 114 Å². The quantitative estimate of drug-likeness (QED) is 0.743. The smallest absolute Gasteiger partial charge is 0.335 e. The number of anilines is 1. The molecule has 20 heavy (non-hydrogen) atoms. The van der Waals surface area contributed by atoms with E-state index in [0.29, 0.717) is 5.82 Å². The predicted octanol–water partition coefficient (Wildman–Crippen LogP) is 2.58. The highest BCUT2D eigenvalue weighted by atomic mass is 16.4. The van der Waals surface area contributed by atoms with Gasteiger partial charge < -0.3 is 10.8 Å². The van der Waals surface area contributed by atoms with Gasteiger partial charge in [-0.25, -0.2) is 14.8 Å². The van der Waals surface area contributed by atoms with Gasteiger partial charge in [-0.15, -0.1) is 0 Å². The molecule has 3 rings (SSSR count). The molecule has 3 aromatic rings. The van der Waals surface area contributed by atoms with Gasteiger partial charge in [0.05, 0.1) is 11.1 Å². The lowest BCUT2D eigenvalue weighted by Crippen LogP contribution is -1.96. The molecule has 0 amide bonds. The lowest BCUT2D eigenvalue weighted by Gasteiger charge is -2.06. The SMILES string of the molecule is Nc1ncnc2ccc(-c3cccc(C(=O)O)c3)cc12. The maximum atomic E-state index is 11.0. The molecule has 0 saturated carbocycles. The van der Waals surface area contributed by atoms with E-state index in [1.165, 1.54) is 6.33 Å². The van der Waals surface area contributed by atoms with Crippen LogP contribution in [0, 0.1) is 0 Å². The molecule has 5 nitrogen and oxygen atoms in total. The van der Waals surface area contributed by atoms with E-state index in [1.54, 1.807) is 18.2 Å². The number of rotatable bonds is 2. The molecule has 0 radical (unpaired) electrons. The molecule has 5 heteroatoms. The van der Waals surface area contributed by atoms with Crippen molar-refractivity contribution >= 4 is 22.7 Å². The first-order valence-corrected chi connectivity index (χ1v) is 5.99. The summed E-state index contributed by atoms with van der Waals surface area (Å²) in [4.78, 5) is 19.1. The van der Waals surface area contributed by atoms with E-state index in [4.69, 9.17) is 10.8 Å². The van der Waals surface area contributed by atoms with E-state index in [1.807, 2.05) is 24.3 Å². The predicted molar refractivity (Wildman–Crippen MR) is 76.3 cm³/mol. The van der Waals surface area contributed by atoms with E-state index >= 15 is 0 Å². The van der Waals surface area contributed by atoms with Gasteiger partial charge in [0.1, 0.15) is 12.1 Å². The number of fused-ring (bicyclic) bond motifs is 1. The minimum atomic E-state index is -0.949. The summed E-state index contributed by atoms with van der Waals surface area (Å²) in [5.41, 5.74) is 8.54. The molecule has 98 valence electrons. The monoisotopic (exact) mass is 265 g/mol. The summed E-state index contributed by atoms with van der Waals surface area (Å²) >= 11 is 0. The van der Waals surface area contributed by atoms with Crippen LogP contribution in [0.5, 0.6) is 0 Å².